The van der Waals surface area contributed by atoms with Gasteiger partial charge in [0.1, 0.15) is 24.9 Å². The Kier molecular flexibility index (Phi) is 9.74. The van der Waals surface area contributed by atoms with Gasteiger partial charge in [0.2, 0.25) is 0 Å². The molecule has 0 aliphatic carbocycles. The van der Waals surface area contributed by atoms with E-state index in [-0.39, 0.29) is 5.04 Å². The Morgan fingerprint density at radius 3 is 1.83 bits per heavy atom. The van der Waals surface area contributed by atoms with Gasteiger partial charge in [-0.2, -0.15) is 0 Å². The maximum absolute atomic E-state index is 14.0. The van der Waals surface area contributed by atoms with Crippen molar-refractivity contribution in [3.8, 4) is 0 Å². The molecule has 0 spiro atoms. The third kappa shape index (κ3) is 6.75. The molecule has 1 unspecified atom stereocenters. The molecule has 0 amide bonds. The summed E-state index contributed by atoms with van der Waals surface area (Å²) in [7, 11) is -3.00. The van der Waals surface area contributed by atoms with Crippen LogP contribution in [0.15, 0.2) is 114 Å². The smallest absolute Gasteiger partial charge is 0.314 e. The largest absolute Gasteiger partial charge is 0.469 e. The van der Waals surface area contributed by atoms with Crippen molar-refractivity contribution in [1.29, 1.82) is 0 Å². The third-order valence-corrected chi connectivity index (χ3v) is 15.4. The minimum Gasteiger partial charge on any atom is -0.469 e. The van der Waals surface area contributed by atoms with Crippen LogP contribution in [-0.4, -0.2) is 31.4 Å². The number of benzene rings is 4. The summed E-state index contributed by atoms with van der Waals surface area (Å²) in [4.78, 5) is 14.2. The summed E-state index contributed by atoms with van der Waals surface area (Å²) in [6.45, 7) is 8.72. The molecule has 41 heavy (non-hydrogen) atoms. The van der Waals surface area contributed by atoms with Crippen LogP contribution >= 0.6 is 0 Å². The Bertz CT molecular complexity index is 1420. The Labute approximate surface area is 246 Å². The average Bonchev–Trinajstić information content (AvgIpc) is 2.97. The second-order valence-electron chi connectivity index (χ2n) is 11.5. The van der Waals surface area contributed by atoms with Crippen molar-refractivity contribution in [1.82, 2.24) is 4.72 Å². The first kappa shape index (κ1) is 30.6. The summed E-state index contributed by atoms with van der Waals surface area (Å²) >= 11 is 0. The zero-order valence-electron chi connectivity index (χ0n) is 24.3. The number of methoxy groups -OCH3 is 1. The Morgan fingerprint density at radius 2 is 1.37 bits per heavy atom. The first-order valence-corrected chi connectivity index (χ1v) is 17.1. The van der Waals surface area contributed by atoms with E-state index in [9.17, 15) is 13.4 Å². The monoisotopic (exact) mass is 587 g/mol. The molecule has 3 atom stereocenters. The highest BCUT2D eigenvalue weighted by atomic mass is 32.2. The number of aryl methyl sites for hydroxylation is 1. The molecule has 4 nitrogen and oxygen atoms in total. The van der Waals surface area contributed by atoms with Crippen molar-refractivity contribution in [2.24, 2.45) is 0 Å². The highest BCUT2D eigenvalue weighted by Gasteiger charge is 2.51. The van der Waals surface area contributed by atoms with Crippen molar-refractivity contribution >= 4 is 35.4 Å². The second kappa shape index (κ2) is 13.1. The number of carbonyl (C=O) groups excluding carboxylic acids is 1. The quantitative estimate of drug-likeness (QED) is 0.179. The van der Waals surface area contributed by atoms with E-state index in [0.717, 1.165) is 5.56 Å². The topological polar surface area (TPSA) is 55.4 Å². The Morgan fingerprint density at radius 1 is 0.854 bits per heavy atom. The number of halogens is 1. The van der Waals surface area contributed by atoms with Gasteiger partial charge in [-0.05, 0) is 47.8 Å². The van der Waals surface area contributed by atoms with E-state index in [1.807, 2.05) is 43.3 Å². The molecule has 4 aromatic rings. The van der Waals surface area contributed by atoms with Crippen LogP contribution in [0.2, 0.25) is 11.1 Å². The van der Waals surface area contributed by atoms with Gasteiger partial charge in [0.25, 0.3) is 0 Å². The van der Waals surface area contributed by atoms with Crippen LogP contribution in [0.1, 0.15) is 37.8 Å². The molecule has 0 radical (unpaired) electrons. The van der Waals surface area contributed by atoms with Crippen LogP contribution in [0, 0.1) is 12.7 Å². The zero-order valence-corrected chi connectivity index (χ0v) is 26.1. The molecule has 0 bridgehead atoms. The van der Waals surface area contributed by atoms with Crippen molar-refractivity contribution in [3.05, 3.63) is 126 Å². The summed E-state index contributed by atoms with van der Waals surface area (Å²) < 4.78 is 36.6. The summed E-state index contributed by atoms with van der Waals surface area (Å²) in [5.41, 5.74) is 1.67. The molecular weight excluding hydrogens is 550 g/mol. The number of hydrogen-bond donors (Lipinski definition) is 1. The fraction of sp³-hybridized carbons (Fsp3) is 0.265. The first-order chi connectivity index (χ1) is 19.6. The van der Waals surface area contributed by atoms with E-state index in [0.29, 0.717) is 16.5 Å². The Balaban J connectivity index is 1.94. The van der Waals surface area contributed by atoms with Gasteiger partial charge >= 0.3 is 5.97 Å². The normalized spacial score (nSPS) is 14.2. The van der Waals surface area contributed by atoms with Crippen molar-refractivity contribution < 1.29 is 18.1 Å². The molecule has 4 rings (SSSR count). The van der Waals surface area contributed by atoms with Crippen LogP contribution in [0.5, 0.6) is 0 Å². The molecule has 0 saturated heterocycles. The fourth-order valence-electron chi connectivity index (χ4n) is 5.77. The molecule has 4 aromatic carbocycles. The lowest BCUT2D eigenvalue weighted by Gasteiger charge is -2.47. The zero-order chi connectivity index (χ0) is 29.6. The van der Waals surface area contributed by atoms with Gasteiger partial charge in [-0.3, -0.25) is 4.79 Å². The lowest BCUT2D eigenvalue weighted by molar-refractivity contribution is -0.143. The number of esters is 1. The lowest BCUT2D eigenvalue weighted by Crippen LogP contribution is -2.67. The number of rotatable bonds is 10. The van der Waals surface area contributed by atoms with Crippen LogP contribution in [0.25, 0.3) is 0 Å². The van der Waals surface area contributed by atoms with E-state index in [1.54, 1.807) is 12.1 Å². The number of hydrogen-bond acceptors (Lipinski definition) is 3. The SMILES string of the molecule is COC(=O)[C@H](c1ccc(F)cc1)[C@H](C[Si](c1ccccc1)(c1ccccc1)C(C)(C)C)NS(=O)c1ccc(C)cc1. The highest BCUT2D eigenvalue weighted by molar-refractivity contribution is 7.83. The summed E-state index contributed by atoms with van der Waals surface area (Å²) in [6, 6.07) is 34.3. The molecule has 0 aromatic heterocycles. The second-order valence-corrected chi connectivity index (χ2v) is 17.6. The van der Waals surface area contributed by atoms with Crippen LogP contribution in [0.4, 0.5) is 4.39 Å². The molecule has 7 heteroatoms. The molecule has 214 valence electrons. The van der Waals surface area contributed by atoms with Gasteiger partial charge in [0.05, 0.1) is 17.9 Å². The minimum atomic E-state index is -2.73. The fourth-order valence-corrected chi connectivity index (χ4v) is 12.6. The molecule has 0 heterocycles. The van der Waals surface area contributed by atoms with Gasteiger partial charge in [0.15, 0.2) is 0 Å². The summed E-state index contributed by atoms with van der Waals surface area (Å²) in [5.74, 6) is -1.68. The van der Waals surface area contributed by atoms with E-state index >= 15 is 0 Å². The van der Waals surface area contributed by atoms with Crippen molar-refractivity contribution in [2.45, 2.75) is 55.6 Å². The first-order valence-electron chi connectivity index (χ1n) is 13.8. The standard InChI is InChI=1S/C34H38FNO3SSi/c1-25-16-22-28(23-17-25)40(38)36-31(32(33(37)39-5)26-18-20-27(35)21-19-26)24-41(34(2,3)4,29-12-8-6-9-13-29)30-14-10-7-11-15-30/h6-23,31-32,36H,24H2,1-5H3/t31-,32+,40?/m0/s1. The van der Waals surface area contributed by atoms with E-state index in [1.165, 1.54) is 29.6 Å². The lowest BCUT2D eigenvalue weighted by atomic mass is 9.93. The van der Waals surface area contributed by atoms with Crippen LogP contribution in [0.3, 0.4) is 0 Å². The van der Waals surface area contributed by atoms with Gasteiger partial charge in [-0.1, -0.05) is 122 Å². The molecule has 0 fully saturated rings. The van der Waals surface area contributed by atoms with E-state index in [4.69, 9.17) is 4.74 Å². The van der Waals surface area contributed by atoms with Crippen LogP contribution in [-0.2, 0) is 20.5 Å². The maximum Gasteiger partial charge on any atom is 0.314 e. The minimum absolute atomic E-state index is 0.204. The molecule has 0 saturated carbocycles. The number of nitrogens with one attached hydrogen (secondary N) is 1. The maximum atomic E-state index is 14.0. The number of carbonyl (C=O) groups is 1. The predicted octanol–water partition coefficient (Wildman–Crippen LogP) is 6.14. The average molecular weight is 588 g/mol. The van der Waals surface area contributed by atoms with E-state index < -0.39 is 42.8 Å². The highest BCUT2D eigenvalue weighted by Crippen LogP contribution is 2.41. The van der Waals surface area contributed by atoms with Crippen molar-refractivity contribution in [3.63, 3.8) is 0 Å². The number of ether oxygens (including phenoxy) is 1. The van der Waals surface area contributed by atoms with Gasteiger partial charge < -0.3 is 4.74 Å². The molecule has 0 aliphatic heterocycles. The van der Waals surface area contributed by atoms with Gasteiger partial charge in [-0.25, -0.2) is 13.3 Å². The summed E-state index contributed by atoms with van der Waals surface area (Å²) in [5, 5.41) is 2.23. The third-order valence-electron chi connectivity index (χ3n) is 7.92. The van der Waals surface area contributed by atoms with Crippen molar-refractivity contribution in [2.75, 3.05) is 7.11 Å². The Hall–Kier alpha value is -3.39. The van der Waals surface area contributed by atoms with Gasteiger partial charge in [-0.15, -0.1) is 0 Å². The van der Waals surface area contributed by atoms with Gasteiger partial charge in [0, 0.05) is 6.04 Å². The summed E-state index contributed by atoms with van der Waals surface area (Å²) in [6.07, 6.45) is 0. The molecule has 0 aliphatic rings. The van der Waals surface area contributed by atoms with Crippen LogP contribution < -0.4 is 15.1 Å². The van der Waals surface area contributed by atoms with E-state index in [2.05, 4.69) is 74.0 Å². The molecular formula is C34H38FNO3SSi. The predicted molar refractivity (Wildman–Crippen MR) is 168 cm³/mol. The molecule has 1 N–H and O–H groups in total.